The SMILES string of the molecule is COc1ccc(N2CCN(C(C)C(=O)Nc3ccc(OCc4ccccc4)cc3)CC2)cc1. The summed E-state index contributed by atoms with van der Waals surface area (Å²) in [7, 11) is 1.67. The highest BCUT2D eigenvalue weighted by atomic mass is 16.5. The van der Waals surface area contributed by atoms with Crippen LogP contribution in [-0.4, -0.2) is 50.1 Å². The van der Waals surface area contributed by atoms with Gasteiger partial charge in [0.2, 0.25) is 5.91 Å². The van der Waals surface area contributed by atoms with E-state index in [9.17, 15) is 4.79 Å². The van der Waals surface area contributed by atoms with E-state index in [0.29, 0.717) is 6.61 Å². The van der Waals surface area contributed by atoms with Crippen LogP contribution >= 0.6 is 0 Å². The van der Waals surface area contributed by atoms with Gasteiger partial charge in [0, 0.05) is 37.6 Å². The Hall–Kier alpha value is -3.51. The molecule has 0 aliphatic carbocycles. The van der Waals surface area contributed by atoms with Crippen LogP contribution in [0.2, 0.25) is 0 Å². The van der Waals surface area contributed by atoms with E-state index in [2.05, 4.69) is 27.2 Å². The van der Waals surface area contributed by atoms with E-state index < -0.39 is 0 Å². The number of piperazine rings is 1. The Morgan fingerprint density at radius 1 is 0.879 bits per heavy atom. The first-order chi connectivity index (χ1) is 16.1. The van der Waals surface area contributed by atoms with E-state index in [-0.39, 0.29) is 11.9 Å². The van der Waals surface area contributed by atoms with Crippen molar-refractivity contribution >= 4 is 17.3 Å². The Labute approximate surface area is 195 Å². The largest absolute Gasteiger partial charge is 0.497 e. The standard InChI is InChI=1S/C27H31N3O3/c1-21(29-16-18-30(19-17-29)24-10-14-25(32-2)15-11-24)27(31)28-23-8-12-26(13-9-23)33-20-22-6-4-3-5-7-22/h3-15,21H,16-20H2,1-2H3,(H,28,31). The number of methoxy groups -OCH3 is 1. The van der Waals surface area contributed by atoms with Gasteiger partial charge in [-0.2, -0.15) is 0 Å². The third-order valence-electron chi connectivity index (χ3n) is 6.05. The molecule has 6 nitrogen and oxygen atoms in total. The molecule has 1 heterocycles. The van der Waals surface area contributed by atoms with Crippen molar-refractivity contribution in [2.45, 2.75) is 19.6 Å². The Balaban J connectivity index is 1.24. The van der Waals surface area contributed by atoms with Gasteiger partial charge in [-0.05, 0) is 61.0 Å². The molecule has 1 amide bonds. The topological polar surface area (TPSA) is 54.0 Å². The number of nitrogens with one attached hydrogen (secondary N) is 1. The zero-order valence-electron chi connectivity index (χ0n) is 19.2. The minimum atomic E-state index is -0.197. The minimum absolute atomic E-state index is 0.00542. The molecule has 0 spiro atoms. The highest BCUT2D eigenvalue weighted by Crippen LogP contribution is 2.22. The lowest BCUT2D eigenvalue weighted by Crippen LogP contribution is -2.52. The third-order valence-corrected chi connectivity index (χ3v) is 6.05. The van der Waals surface area contributed by atoms with Crippen LogP contribution in [0.5, 0.6) is 11.5 Å². The summed E-state index contributed by atoms with van der Waals surface area (Å²) in [6.45, 7) is 5.94. The molecule has 3 aromatic carbocycles. The van der Waals surface area contributed by atoms with Crippen LogP contribution < -0.4 is 19.7 Å². The Kier molecular flexibility index (Phi) is 7.47. The van der Waals surface area contributed by atoms with Crippen molar-refractivity contribution in [2.75, 3.05) is 43.5 Å². The smallest absolute Gasteiger partial charge is 0.241 e. The van der Waals surface area contributed by atoms with Gasteiger partial charge in [0.1, 0.15) is 18.1 Å². The van der Waals surface area contributed by atoms with Crippen LogP contribution in [0.3, 0.4) is 0 Å². The van der Waals surface area contributed by atoms with Crippen molar-refractivity contribution in [3.63, 3.8) is 0 Å². The molecule has 3 aromatic rings. The van der Waals surface area contributed by atoms with Gasteiger partial charge in [0.05, 0.1) is 13.2 Å². The summed E-state index contributed by atoms with van der Waals surface area (Å²) in [6.07, 6.45) is 0. The first kappa shape index (κ1) is 22.7. The van der Waals surface area contributed by atoms with Gasteiger partial charge in [0.25, 0.3) is 0 Å². The first-order valence-electron chi connectivity index (χ1n) is 11.3. The second-order valence-electron chi connectivity index (χ2n) is 8.18. The summed E-state index contributed by atoms with van der Waals surface area (Å²) in [5, 5.41) is 3.03. The number of nitrogens with zero attached hydrogens (tertiary/aromatic N) is 2. The second kappa shape index (κ2) is 10.9. The van der Waals surface area contributed by atoms with E-state index >= 15 is 0 Å². The molecule has 0 saturated carbocycles. The van der Waals surface area contributed by atoms with Crippen molar-refractivity contribution < 1.29 is 14.3 Å². The van der Waals surface area contributed by atoms with Crippen LogP contribution in [0.4, 0.5) is 11.4 Å². The van der Waals surface area contributed by atoms with Crippen LogP contribution in [0.25, 0.3) is 0 Å². The number of anilines is 2. The van der Waals surface area contributed by atoms with Crippen LogP contribution in [-0.2, 0) is 11.4 Å². The van der Waals surface area contributed by atoms with Gasteiger partial charge >= 0.3 is 0 Å². The predicted molar refractivity (Wildman–Crippen MR) is 132 cm³/mol. The number of amides is 1. The lowest BCUT2D eigenvalue weighted by molar-refractivity contribution is -0.120. The lowest BCUT2D eigenvalue weighted by atomic mass is 10.2. The number of carbonyl (C=O) groups excluding carboxylic acids is 1. The molecule has 1 aliphatic heterocycles. The summed E-state index contributed by atoms with van der Waals surface area (Å²) in [5.41, 5.74) is 3.08. The van der Waals surface area contributed by atoms with Gasteiger partial charge in [-0.1, -0.05) is 30.3 Å². The normalized spacial score (nSPS) is 15.0. The van der Waals surface area contributed by atoms with Crippen LogP contribution in [0.15, 0.2) is 78.9 Å². The molecule has 1 unspecified atom stereocenters. The van der Waals surface area contributed by atoms with Crippen molar-refractivity contribution in [2.24, 2.45) is 0 Å². The average molecular weight is 446 g/mol. The maximum atomic E-state index is 12.8. The molecule has 1 saturated heterocycles. The van der Waals surface area contributed by atoms with Gasteiger partial charge < -0.3 is 19.7 Å². The summed E-state index contributed by atoms with van der Waals surface area (Å²) in [4.78, 5) is 17.4. The zero-order valence-corrected chi connectivity index (χ0v) is 19.2. The Morgan fingerprint density at radius 2 is 1.52 bits per heavy atom. The molecule has 6 heteroatoms. The van der Waals surface area contributed by atoms with E-state index in [1.807, 2.05) is 73.7 Å². The highest BCUT2D eigenvalue weighted by Gasteiger charge is 2.25. The zero-order chi connectivity index (χ0) is 23.0. The second-order valence-corrected chi connectivity index (χ2v) is 8.18. The minimum Gasteiger partial charge on any atom is -0.497 e. The van der Waals surface area contributed by atoms with Gasteiger partial charge in [0.15, 0.2) is 0 Å². The lowest BCUT2D eigenvalue weighted by Gasteiger charge is -2.38. The van der Waals surface area contributed by atoms with Gasteiger partial charge in [-0.15, -0.1) is 0 Å². The predicted octanol–water partition coefficient (Wildman–Crippen LogP) is 4.42. The molecule has 0 aromatic heterocycles. The summed E-state index contributed by atoms with van der Waals surface area (Å²) < 4.78 is 11.1. The van der Waals surface area contributed by atoms with Crippen molar-refractivity contribution in [3.05, 3.63) is 84.4 Å². The molecule has 0 radical (unpaired) electrons. The number of hydrogen-bond donors (Lipinski definition) is 1. The van der Waals surface area contributed by atoms with E-state index in [0.717, 1.165) is 48.9 Å². The van der Waals surface area contributed by atoms with E-state index in [1.165, 1.54) is 5.69 Å². The molecule has 4 rings (SSSR count). The summed E-state index contributed by atoms with van der Waals surface area (Å²) in [6, 6.07) is 25.5. The van der Waals surface area contributed by atoms with Gasteiger partial charge in [-0.3, -0.25) is 9.69 Å². The maximum absolute atomic E-state index is 12.8. The molecule has 1 N–H and O–H groups in total. The molecule has 172 valence electrons. The number of ether oxygens (including phenoxy) is 2. The highest BCUT2D eigenvalue weighted by molar-refractivity contribution is 5.94. The van der Waals surface area contributed by atoms with Crippen molar-refractivity contribution in [1.29, 1.82) is 0 Å². The number of carbonyl (C=O) groups is 1. The molecule has 1 aliphatic rings. The van der Waals surface area contributed by atoms with Crippen LogP contribution in [0.1, 0.15) is 12.5 Å². The van der Waals surface area contributed by atoms with Crippen LogP contribution in [0, 0.1) is 0 Å². The fourth-order valence-corrected chi connectivity index (χ4v) is 3.95. The number of rotatable bonds is 8. The summed E-state index contributed by atoms with van der Waals surface area (Å²) in [5.74, 6) is 1.64. The Morgan fingerprint density at radius 3 is 2.15 bits per heavy atom. The fourth-order valence-electron chi connectivity index (χ4n) is 3.95. The quantitative estimate of drug-likeness (QED) is 0.556. The Bertz CT molecular complexity index is 1010. The van der Waals surface area contributed by atoms with Crippen molar-refractivity contribution in [1.82, 2.24) is 4.90 Å². The van der Waals surface area contributed by atoms with Gasteiger partial charge in [-0.25, -0.2) is 0 Å². The summed E-state index contributed by atoms with van der Waals surface area (Å²) >= 11 is 0. The van der Waals surface area contributed by atoms with E-state index in [1.54, 1.807) is 7.11 Å². The molecule has 33 heavy (non-hydrogen) atoms. The van der Waals surface area contributed by atoms with E-state index in [4.69, 9.17) is 9.47 Å². The fraction of sp³-hybridized carbons (Fsp3) is 0.296. The number of hydrogen-bond acceptors (Lipinski definition) is 5. The molecule has 0 bridgehead atoms. The number of benzene rings is 3. The first-order valence-corrected chi connectivity index (χ1v) is 11.3. The molecular formula is C27H31N3O3. The monoisotopic (exact) mass is 445 g/mol. The molecule has 1 atom stereocenters. The average Bonchev–Trinajstić information content (AvgIpc) is 2.88. The molecular weight excluding hydrogens is 414 g/mol. The molecule has 1 fully saturated rings. The van der Waals surface area contributed by atoms with Crippen molar-refractivity contribution in [3.8, 4) is 11.5 Å². The maximum Gasteiger partial charge on any atom is 0.241 e. The third kappa shape index (κ3) is 6.05.